The third-order valence-electron chi connectivity index (χ3n) is 0.569. The number of hydrogen-bond donors (Lipinski definition) is 0. The van der Waals surface area contributed by atoms with E-state index in [2.05, 4.69) is 15.8 Å². The Morgan fingerprint density at radius 3 is 2.33 bits per heavy atom. The van der Waals surface area contributed by atoms with Crippen molar-refractivity contribution in [2.24, 2.45) is 0 Å². The standard InChI is InChI=1S/C5H9P/c1-3-5(6)4-2/h3-4H,1,6H2,2H3/b5-4+. The van der Waals surface area contributed by atoms with Gasteiger partial charge in [0.2, 0.25) is 0 Å². The molecule has 0 aliphatic heterocycles. The van der Waals surface area contributed by atoms with Crippen molar-refractivity contribution >= 4 is 9.24 Å². The summed E-state index contributed by atoms with van der Waals surface area (Å²) in [7, 11) is 2.55. The molecule has 0 saturated carbocycles. The molecule has 0 saturated heterocycles. The zero-order chi connectivity index (χ0) is 4.99. The average molecular weight is 100 g/mol. The maximum Gasteiger partial charge on any atom is -0.0351 e. The van der Waals surface area contributed by atoms with Crippen molar-refractivity contribution in [3.8, 4) is 0 Å². The molecule has 0 aliphatic rings. The molecule has 0 aromatic rings. The van der Waals surface area contributed by atoms with Gasteiger partial charge < -0.3 is 0 Å². The lowest BCUT2D eigenvalue weighted by Gasteiger charge is -1.78. The summed E-state index contributed by atoms with van der Waals surface area (Å²) in [6.45, 7) is 5.52. The van der Waals surface area contributed by atoms with E-state index in [0.29, 0.717) is 0 Å². The molecular weight excluding hydrogens is 91.0 g/mol. The molecule has 0 N–H and O–H groups in total. The van der Waals surface area contributed by atoms with E-state index >= 15 is 0 Å². The molecule has 0 rings (SSSR count). The van der Waals surface area contributed by atoms with E-state index in [1.54, 1.807) is 6.08 Å². The van der Waals surface area contributed by atoms with Gasteiger partial charge in [0.05, 0.1) is 0 Å². The van der Waals surface area contributed by atoms with Crippen LogP contribution in [-0.2, 0) is 0 Å². The lowest BCUT2D eigenvalue weighted by atomic mass is 10.5. The zero-order valence-corrected chi connectivity index (χ0v) is 5.09. The number of rotatable bonds is 1. The Labute approximate surface area is 41.1 Å². The van der Waals surface area contributed by atoms with E-state index in [4.69, 9.17) is 0 Å². The molecule has 1 heteroatoms. The van der Waals surface area contributed by atoms with Crippen LogP contribution in [0.15, 0.2) is 24.0 Å². The van der Waals surface area contributed by atoms with E-state index in [1.165, 1.54) is 0 Å². The van der Waals surface area contributed by atoms with Gasteiger partial charge in [0, 0.05) is 0 Å². The van der Waals surface area contributed by atoms with Crippen LogP contribution in [0.25, 0.3) is 0 Å². The summed E-state index contributed by atoms with van der Waals surface area (Å²) in [4.78, 5) is 0. The molecule has 0 amide bonds. The van der Waals surface area contributed by atoms with Crippen molar-refractivity contribution in [2.75, 3.05) is 0 Å². The van der Waals surface area contributed by atoms with Crippen LogP contribution in [0.2, 0.25) is 0 Å². The third-order valence-corrected chi connectivity index (χ3v) is 1.14. The van der Waals surface area contributed by atoms with Gasteiger partial charge in [-0.05, 0) is 12.2 Å². The van der Waals surface area contributed by atoms with Crippen molar-refractivity contribution in [2.45, 2.75) is 6.92 Å². The molecule has 6 heavy (non-hydrogen) atoms. The monoisotopic (exact) mass is 100 g/mol. The third kappa shape index (κ3) is 2.17. The van der Waals surface area contributed by atoms with Crippen molar-refractivity contribution in [1.29, 1.82) is 0 Å². The van der Waals surface area contributed by atoms with Crippen LogP contribution in [0.4, 0.5) is 0 Å². The van der Waals surface area contributed by atoms with Crippen LogP contribution in [0.3, 0.4) is 0 Å². The van der Waals surface area contributed by atoms with Gasteiger partial charge in [0.25, 0.3) is 0 Å². The fraction of sp³-hybridized carbons (Fsp3) is 0.200. The van der Waals surface area contributed by atoms with Gasteiger partial charge in [0.15, 0.2) is 0 Å². The van der Waals surface area contributed by atoms with Crippen molar-refractivity contribution in [1.82, 2.24) is 0 Å². The molecule has 0 fully saturated rings. The first kappa shape index (κ1) is 5.91. The van der Waals surface area contributed by atoms with Gasteiger partial charge in [-0.3, -0.25) is 0 Å². The largest absolute Gasteiger partial charge is 0.106 e. The predicted molar refractivity (Wildman–Crippen MR) is 33.7 cm³/mol. The first-order chi connectivity index (χ1) is 2.81. The molecule has 1 unspecified atom stereocenters. The average Bonchev–Trinajstić information content (AvgIpc) is 1.65. The maximum atomic E-state index is 3.54. The Morgan fingerprint density at radius 2 is 2.33 bits per heavy atom. The summed E-state index contributed by atoms with van der Waals surface area (Å²) in [5, 5.41) is 1.15. The van der Waals surface area contributed by atoms with E-state index in [9.17, 15) is 0 Å². The van der Waals surface area contributed by atoms with Crippen LogP contribution in [0, 0.1) is 0 Å². The van der Waals surface area contributed by atoms with Crippen LogP contribution in [-0.4, -0.2) is 0 Å². The summed E-state index contributed by atoms with van der Waals surface area (Å²) in [5.74, 6) is 0. The van der Waals surface area contributed by atoms with Gasteiger partial charge in [0.1, 0.15) is 0 Å². The van der Waals surface area contributed by atoms with Crippen molar-refractivity contribution < 1.29 is 0 Å². The molecule has 0 heterocycles. The molecule has 0 aliphatic carbocycles. The normalized spacial score (nSPS) is 11.3. The lowest BCUT2D eigenvalue weighted by Crippen LogP contribution is -1.49. The van der Waals surface area contributed by atoms with Crippen LogP contribution < -0.4 is 0 Å². The van der Waals surface area contributed by atoms with E-state index in [-0.39, 0.29) is 0 Å². The van der Waals surface area contributed by atoms with E-state index in [1.807, 2.05) is 13.0 Å². The Bertz CT molecular complexity index is 72.0. The Balaban J connectivity index is 3.50. The van der Waals surface area contributed by atoms with Crippen LogP contribution in [0.5, 0.6) is 0 Å². The van der Waals surface area contributed by atoms with Crippen LogP contribution >= 0.6 is 9.24 Å². The van der Waals surface area contributed by atoms with Gasteiger partial charge in [-0.15, -0.1) is 9.24 Å². The SMILES string of the molecule is C=C/C(P)=C\C. The highest BCUT2D eigenvalue weighted by atomic mass is 31.0. The van der Waals surface area contributed by atoms with Gasteiger partial charge in [-0.2, -0.15) is 0 Å². The van der Waals surface area contributed by atoms with Crippen molar-refractivity contribution in [3.05, 3.63) is 24.0 Å². The molecule has 0 aromatic carbocycles. The molecule has 0 nitrogen and oxygen atoms in total. The topological polar surface area (TPSA) is 0 Å². The van der Waals surface area contributed by atoms with E-state index < -0.39 is 0 Å². The first-order valence-corrected chi connectivity index (χ1v) is 2.43. The minimum absolute atomic E-state index is 1.15. The van der Waals surface area contributed by atoms with E-state index in [0.717, 1.165) is 5.31 Å². The van der Waals surface area contributed by atoms with Crippen molar-refractivity contribution in [3.63, 3.8) is 0 Å². The van der Waals surface area contributed by atoms with Gasteiger partial charge in [-0.1, -0.05) is 18.7 Å². The smallest absolute Gasteiger partial charge is 0.0351 e. The van der Waals surface area contributed by atoms with Gasteiger partial charge in [-0.25, -0.2) is 0 Å². The lowest BCUT2D eigenvalue weighted by molar-refractivity contribution is 1.72. The molecule has 0 spiro atoms. The predicted octanol–water partition coefficient (Wildman–Crippen LogP) is 1.95. The fourth-order valence-electron chi connectivity index (χ4n) is 0.118. The highest BCUT2D eigenvalue weighted by molar-refractivity contribution is 7.22. The summed E-state index contributed by atoms with van der Waals surface area (Å²) in [6.07, 6.45) is 3.78. The molecule has 1 atom stereocenters. The number of hydrogen-bond acceptors (Lipinski definition) is 0. The molecule has 0 bridgehead atoms. The summed E-state index contributed by atoms with van der Waals surface area (Å²) < 4.78 is 0. The summed E-state index contributed by atoms with van der Waals surface area (Å²) >= 11 is 0. The molecule has 34 valence electrons. The highest BCUT2D eigenvalue weighted by Crippen LogP contribution is 2.02. The highest BCUT2D eigenvalue weighted by Gasteiger charge is 1.66. The van der Waals surface area contributed by atoms with Crippen LogP contribution in [0.1, 0.15) is 6.92 Å². The fourth-order valence-corrected chi connectivity index (χ4v) is 0.118. The molecule has 0 aromatic heterocycles. The first-order valence-electron chi connectivity index (χ1n) is 1.85. The second-order valence-corrected chi connectivity index (χ2v) is 1.66. The maximum absolute atomic E-state index is 3.54. The minimum atomic E-state index is 1.15. The summed E-state index contributed by atoms with van der Waals surface area (Å²) in [6, 6.07) is 0. The second-order valence-electron chi connectivity index (χ2n) is 0.993. The zero-order valence-electron chi connectivity index (χ0n) is 3.94. The molecule has 0 radical (unpaired) electrons. The Morgan fingerprint density at radius 1 is 1.83 bits per heavy atom. The Hall–Kier alpha value is -0.0900. The minimum Gasteiger partial charge on any atom is -0.106 e. The number of allylic oxidation sites excluding steroid dienone is 3. The quantitative estimate of drug-likeness (QED) is 0.349. The Kier molecular flexibility index (Phi) is 3.07. The van der Waals surface area contributed by atoms with Gasteiger partial charge >= 0.3 is 0 Å². The summed E-state index contributed by atoms with van der Waals surface area (Å²) in [5.41, 5.74) is 0. The molecular formula is C5H9P. The second kappa shape index (κ2) is 3.11.